The van der Waals surface area contributed by atoms with Gasteiger partial charge in [0.05, 0.1) is 6.10 Å². The van der Waals surface area contributed by atoms with Crippen LogP contribution in [0.5, 0.6) is 0 Å². The summed E-state index contributed by atoms with van der Waals surface area (Å²) >= 11 is 0. The lowest BCUT2D eigenvalue weighted by atomic mass is 10.1. The molecule has 0 aliphatic heterocycles. The van der Waals surface area contributed by atoms with Crippen molar-refractivity contribution in [3.8, 4) is 0 Å². The van der Waals surface area contributed by atoms with Crippen molar-refractivity contribution in [1.29, 1.82) is 0 Å². The molecule has 1 atom stereocenters. The molecule has 1 N–H and O–H groups in total. The van der Waals surface area contributed by atoms with Gasteiger partial charge in [0.15, 0.2) is 17.5 Å². The van der Waals surface area contributed by atoms with Crippen LogP contribution in [-0.2, 0) is 0 Å². The van der Waals surface area contributed by atoms with Crippen LogP contribution >= 0.6 is 0 Å². The Labute approximate surface area is 103 Å². The number of hydrogen-bond donors (Lipinski definition) is 1. The lowest BCUT2D eigenvalue weighted by molar-refractivity contribution is 0.0767. The van der Waals surface area contributed by atoms with Crippen molar-refractivity contribution in [3.63, 3.8) is 0 Å². The normalized spacial score (nSPS) is 12.3. The van der Waals surface area contributed by atoms with Gasteiger partial charge in [0.1, 0.15) is 0 Å². The number of carbonyl (C=O) groups excluding carboxylic acids is 1. The van der Waals surface area contributed by atoms with Crippen molar-refractivity contribution in [1.82, 2.24) is 4.90 Å². The first-order valence-electron chi connectivity index (χ1n) is 5.41. The minimum atomic E-state index is -1.60. The number of rotatable bonds is 4. The zero-order valence-corrected chi connectivity index (χ0v) is 10.1. The topological polar surface area (TPSA) is 40.5 Å². The smallest absolute Gasteiger partial charge is 0.253 e. The molecule has 1 amide bonds. The quantitative estimate of drug-likeness (QED) is 0.841. The number of nitrogens with zero attached hydrogens (tertiary/aromatic N) is 1. The van der Waals surface area contributed by atoms with Crippen molar-refractivity contribution in [2.24, 2.45) is 0 Å². The number of aliphatic hydroxyl groups excluding tert-OH is 1. The maximum Gasteiger partial charge on any atom is 0.253 e. The minimum Gasteiger partial charge on any atom is -0.393 e. The van der Waals surface area contributed by atoms with Crippen molar-refractivity contribution >= 4 is 5.91 Å². The summed E-state index contributed by atoms with van der Waals surface area (Å²) < 4.78 is 38.6. The number of hydrogen-bond acceptors (Lipinski definition) is 2. The highest BCUT2D eigenvalue weighted by atomic mass is 19.2. The maximum atomic E-state index is 13.0. The minimum absolute atomic E-state index is 0.233. The fourth-order valence-corrected chi connectivity index (χ4v) is 1.38. The van der Waals surface area contributed by atoms with Gasteiger partial charge in [-0.1, -0.05) is 0 Å². The second kappa shape index (κ2) is 5.86. The number of amides is 1. The summed E-state index contributed by atoms with van der Waals surface area (Å²) in [5.74, 6) is -5.03. The van der Waals surface area contributed by atoms with Gasteiger partial charge in [-0.3, -0.25) is 4.79 Å². The second-order valence-corrected chi connectivity index (χ2v) is 4.12. The van der Waals surface area contributed by atoms with Crippen LogP contribution in [0.3, 0.4) is 0 Å². The molecule has 0 radical (unpaired) electrons. The van der Waals surface area contributed by atoms with Crippen LogP contribution < -0.4 is 0 Å². The molecule has 1 rings (SSSR count). The van der Waals surface area contributed by atoms with Crippen LogP contribution in [0.15, 0.2) is 12.1 Å². The molecule has 0 aliphatic rings. The Kier molecular flexibility index (Phi) is 4.72. The predicted molar refractivity (Wildman–Crippen MR) is 59.6 cm³/mol. The number of aliphatic hydroxyl groups is 1. The highest BCUT2D eigenvalue weighted by Crippen LogP contribution is 2.15. The van der Waals surface area contributed by atoms with E-state index < -0.39 is 29.5 Å². The zero-order valence-electron chi connectivity index (χ0n) is 10.1. The summed E-state index contributed by atoms with van der Waals surface area (Å²) in [6.07, 6.45) is -0.240. The third kappa shape index (κ3) is 3.46. The number of benzene rings is 1. The molecule has 0 spiro atoms. The van der Waals surface area contributed by atoms with Crippen LogP contribution in [0.2, 0.25) is 0 Å². The van der Waals surface area contributed by atoms with E-state index in [1.807, 2.05) is 0 Å². The second-order valence-electron chi connectivity index (χ2n) is 4.12. The largest absolute Gasteiger partial charge is 0.393 e. The van der Waals surface area contributed by atoms with Gasteiger partial charge in [0.25, 0.3) is 5.91 Å². The molecule has 0 saturated heterocycles. The molecule has 100 valence electrons. The lowest BCUT2D eigenvalue weighted by Gasteiger charge is -2.18. The predicted octanol–water partition coefficient (Wildman–Crippen LogP) is 1.95. The Bertz CT molecular complexity index is 426. The van der Waals surface area contributed by atoms with E-state index in [1.165, 1.54) is 11.9 Å². The first-order chi connectivity index (χ1) is 8.32. The molecule has 0 heterocycles. The third-order valence-electron chi connectivity index (χ3n) is 2.46. The summed E-state index contributed by atoms with van der Waals surface area (Å²) in [5, 5.41) is 9.07. The van der Waals surface area contributed by atoms with Crippen LogP contribution in [0.4, 0.5) is 13.2 Å². The Morgan fingerprint density at radius 2 is 1.83 bits per heavy atom. The molecule has 18 heavy (non-hydrogen) atoms. The van der Waals surface area contributed by atoms with Gasteiger partial charge in [0.2, 0.25) is 0 Å². The monoisotopic (exact) mass is 261 g/mol. The van der Waals surface area contributed by atoms with Crippen LogP contribution in [0.1, 0.15) is 23.7 Å². The highest BCUT2D eigenvalue weighted by Gasteiger charge is 2.17. The molecule has 0 aromatic heterocycles. The highest BCUT2D eigenvalue weighted by molar-refractivity contribution is 5.94. The van der Waals surface area contributed by atoms with Crippen molar-refractivity contribution in [2.45, 2.75) is 19.4 Å². The first-order valence-corrected chi connectivity index (χ1v) is 5.41. The standard InChI is InChI=1S/C12H14F3NO2/c1-7(17)3-4-16(2)12(18)8-5-9(13)11(15)10(14)6-8/h5-7,17H,3-4H2,1-2H3. The Morgan fingerprint density at radius 3 is 2.28 bits per heavy atom. The average molecular weight is 261 g/mol. The van der Waals surface area contributed by atoms with Crippen molar-refractivity contribution in [3.05, 3.63) is 35.1 Å². The molecule has 0 aliphatic carbocycles. The third-order valence-corrected chi connectivity index (χ3v) is 2.46. The van der Waals surface area contributed by atoms with E-state index in [0.29, 0.717) is 18.6 Å². The van der Waals surface area contributed by atoms with E-state index in [4.69, 9.17) is 5.11 Å². The van der Waals surface area contributed by atoms with Gasteiger partial charge in [-0.05, 0) is 25.5 Å². The van der Waals surface area contributed by atoms with E-state index in [2.05, 4.69) is 0 Å². The van der Waals surface area contributed by atoms with E-state index in [1.54, 1.807) is 6.92 Å². The van der Waals surface area contributed by atoms with Crippen molar-refractivity contribution < 1.29 is 23.1 Å². The summed E-state index contributed by atoms with van der Waals surface area (Å²) in [6.45, 7) is 1.80. The first kappa shape index (κ1) is 14.5. The SMILES string of the molecule is CC(O)CCN(C)C(=O)c1cc(F)c(F)c(F)c1. The number of halogens is 3. The molecule has 3 nitrogen and oxygen atoms in total. The van der Waals surface area contributed by atoms with Gasteiger partial charge in [-0.2, -0.15) is 0 Å². The summed E-state index contributed by atoms with van der Waals surface area (Å²) in [7, 11) is 1.43. The molecular weight excluding hydrogens is 247 g/mol. The van der Waals surface area contributed by atoms with E-state index in [9.17, 15) is 18.0 Å². The van der Waals surface area contributed by atoms with E-state index in [-0.39, 0.29) is 12.1 Å². The van der Waals surface area contributed by atoms with Crippen LogP contribution in [0, 0.1) is 17.5 Å². The van der Waals surface area contributed by atoms with Crippen molar-refractivity contribution in [2.75, 3.05) is 13.6 Å². The van der Waals surface area contributed by atoms with E-state index in [0.717, 1.165) is 0 Å². The van der Waals surface area contributed by atoms with Gasteiger partial charge >= 0.3 is 0 Å². The molecule has 1 unspecified atom stereocenters. The molecular formula is C12H14F3NO2. The van der Waals surface area contributed by atoms with Gasteiger partial charge in [0, 0.05) is 19.2 Å². The lowest BCUT2D eigenvalue weighted by Crippen LogP contribution is -2.29. The average Bonchev–Trinajstić information content (AvgIpc) is 2.31. The van der Waals surface area contributed by atoms with Gasteiger partial charge < -0.3 is 10.0 Å². The van der Waals surface area contributed by atoms with E-state index >= 15 is 0 Å². The Morgan fingerprint density at radius 1 is 1.33 bits per heavy atom. The molecule has 1 aromatic carbocycles. The maximum absolute atomic E-state index is 13.0. The van der Waals surface area contributed by atoms with Gasteiger partial charge in [-0.15, -0.1) is 0 Å². The van der Waals surface area contributed by atoms with Crippen LogP contribution in [-0.4, -0.2) is 35.6 Å². The molecule has 0 bridgehead atoms. The summed E-state index contributed by atoms with van der Waals surface area (Å²) in [5.41, 5.74) is -0.264. The number of carbonyl (C=O) groups is 1. The Hall–Kier alpha value is -1.56. The Balaban J connectivity index is 2.84. The molecule has 1 aromatic rings. The molecule has 0 saturated carbocycles. The summed E-state index contributed by atoms with van der Waals surface area (Å²) in [6, 6.07) is 1.30. The van der Waals surface area contributed by atoms with Gasteiger partial charge in [-0.25, -0.2) is 13.2 Å². The molecule has 0 fully saturated rings. The van der Waals surface area contributed by atoms with Crippen LogP contribution in [0.25, 0.3) is 0 Å². The summed E-state index contributed by atoms with van der Waals surface area (Å²) in [4.78, 5) is 13.0. The fraction of sp³-hybridized carbons (Fsp3) is 0.417. The zero-order chi connectivity index (χ0) is 13.9. The fourth-order valence-electron chi connectivity index (χ4n) is 1.38. The molecule has 6 heteroatoms.